The van der Waals surface area contributed by atoms with Gasteiger partial charge in [-0.1, -0.05) is 32.4 Å². The van der Waals surface area contributed by atoms with E-state index in [4.69, 9.17) is 4.98 Å². The first kappa shape index (κ1) is 21.1. The predicted molar refractivity (Wildman–Crippen MR) is 110 cm³/mol. The monoisotopic (exact) mass is 371 g/mol. The van der Waals surface area contributed by atoms with Crippen LogP contribution in [0.2, 0.25) is 0 Å². The molecule has 1 amide bonds. The highest BCUT2D eigenvalue weighted by Gasteiger charge is 2.18. The van der Waals surface area contributed by atoms with Crippen molar-refractivity contribution in [1.82, 2.24) is 14.9 Å². The van der Waals surface area contributed by atoms with Crippen LogP contribution in [0.1, 0.15) is 71.7 Å². The van der Waals surface area contributed by atoms with Gasteiger partial charge in [0, 0.05) is 18.9 Å². The van der Waals surface area contributed by atoms with Gasteiger partial charge in [0.25, 0.3) is 0 Å². The van der Waals surface area contributed by atoms with Crippen molar-refractivity contribution in [3.8, 4) is 0 Å². The molecule has 0 spiro atoms. The van der Waals surface area contributed by atoms with Gasteiger partial charge in [0.15, 0.2) is 5.78 Å². The highest BCUT2D eigenvalue weighted by Crippen LogP contribution is 2.23. The van der Waals surface area contributed by atoms with Gasteiger partial charge in [-0.2, -0.15) is 0 Å². The van der Waals surface area contributed by atoms with Crippen molar-refractivity contribution in [2.45, 2.75) is 72.3 Å². The minimum Gasteiger partial charge on any atom is -0.356 e. The second-order valence-electron chi connectivity index (χ2n) is 7.29. The maximum Gasteiger partial charge on any atom is 0.223 e. The number of unbranched alkanes of at least 4 members (excludes halogenated alkanes) is 2. The maximum absolute atomic E-state index is 12.0. The van der Waals surface area contributed by atoms with E-state index in [1.54, 1.807) is 6.92 Å². The van der Waals surface area contributed by atoms with E-state index in [-0.39, 0.29) is 23.7 Å². The van der Waals surface area contributed by atoms with E-state index >= 15 is 0 Å². The summed E-state index contributed by atoms with van der Waals surface area (Å²) in [4.78, 5) is 28.7. The predicted octanol–water partition coefficient (Wildman–Crippen LogP) is 4.45. The number of amides is 1. The SMILES string of the molecule is CCC(CC)C(=O)NCCCCCc1nc2ccccc2n1C(C)C(C)=O. The van der Waals surface area contributed by atoms with Gasteiger partial charge in [-0.3, -0.25) is 9.59 Å². The fourth-order valence-corrected chi connectivity index (χ4v) is 3.48. The molecular weight excluding hydrogens is 338 g/mol. The lowest BCUT2D eigenvalue weighted by Gasteiger charge is -2.15. The number of aromatic nitrogens is 2. The number of aryl methyl sites for hydroxylation is 1. The fraction of sp³-hybridized carbons (Fsp3) is 0.591. The van der Waals surface area contributed by atoms with Crippen LogP contribution in [0.5, 0.6) is 0 Å². The average Bonchev–Trinajstić information content (AvgIpc) is 3.02. The van der Waals surface area contributed by atoms with E-state index in [1.807, 2.05) is 31.2 Å². The fourth-order valence-electron chi connectivity index (χ4n) is 3.48. The number of carbonyl (C=O) groups is 2. The largest absolute Gasteiger partial charge is 0.356 e. The number of ketones is 1. The van der Waals surface area contributed by atoms with Crippen LogP contribution in [0.25, 0.3) is 11.0 Å². The van der Waals surface area contributed by atoms with Crippen molar-refractivity contribution in [2.24, 2.45) is 5.92 Å². The third kappa shape index (κ3) is 5.41. The molecule has 2 rings (SSSR count). The summed E-state index contributed by atoms with van der Waals surface area (Å²) in [5.41, 5.74) is 1.96. The number of hydrogen-bond donors (Lipinski definition) is 1. The summed E-state index contributed by atoms with van der Waals surface area (Å²) in [7, 11) is 0. The molecule has 27 heavy (non-hydrogen) atoms. The van der Waals surface area contributed by atoms with Crippen molar-refractivity contribution < 1.29 is 9.59 Å². The first-order chi connectivity index (χ1) is 13.0. The number of rotatable bonds is 11. The molecule has 5 nitrogen and oxygen atoms in total. The Hall–Kier alpha value is -2.17. The van der Waals surface area contributed by atoms with Crippen LogP contribution in [0.4, 0.5) is 0 Å². The third-order valence-corrected chi connectivity index (χ3v) is 5.38. The molecule has 2 aromatic rings. The highest BCUT2D eigenvalue weighted by molar-refractivity contribution is 5.83. The molecule has 1 aromatic heterocycles. The van der Waals surface area contributed by atoms with Gasteiger partial charge in [-0.25, -0.2) is 4.98 Å². The zero-order chi connectivity index (χ0) is 19.8. The Balaban J connectivity index is 1.89. The van der Waals surface area contributed by atoms with Crippen LogP contribution in [0.15, 0.2) is 24.3 Å². The van der Waals surface area contributed by atoms with Gasteiger partial charge in [0.1, 0.15) is 5.82 Å². The Kier molecular flexibility index (Phi) is 8.01. The lowest BCUT2D eigenvalue weighted by Crippen LogP contribution is -2.30. The zero-order valence-electron chi connectivity index (χ0n) is 17.1. The highest BCUT2D eigenvalue weighted by atomic mass is 16.1. The molecular formula is C22H33N3O2. The van der Waals surface area contributed by atoms with Crippen LogP contribution in [-0.2, 0) is 16.0 Å². The quantitative estimate of drug-likeness (QED) is 0.594. The number of imidazole rings is 1. The summed E-state index contributed by atoms with van der Waals surface area (Å²) in [5.74, 6) is 1.43. The van der Waals surface area contributed by atoms with Crippen LogP contribution >= 0.6 is 0 Å². The molecule has 0 fully saturated rings. The second-order valence-corrected chi connectivity index (χ2v) is 7.29. The molecule has 1 atom stereocenters. The third-order valence-electron chi connectivity index (χ3n) is 5.38. The lowest BCUT2D eigenvalue weighted by molar-refractivity contribution is -0.125. The summed E-state index contributed by atoms with van der Waals surface area (Å²) in [6.45, 7) is 8.42. The number of nitrogens with zero attached hydrogens (tertiary/aromatic N) is 2. The first-order valence-corrected chi connectivity index (χ1v) is 10.2. The molecule has 1 aromatic carbocycles. The van der Waals surface area contributed by atoms with Gasteiger partial charge in [-0.15, -0.1) is 0 Å². The summed E-state index contributed by atoms with van der Waals surface area (Å²) in [6, 6.07) is 7.78. The lowest BCUT2D eigenvalue weighted by atomic mass is 10.0. The molecule has 1 unspecified atom stereocenters. The minimum atomic E-state index is -0.202. The number of fused-ring (bicyclic) bond motifs is 1. The number of benzene rings is 1. The molecule has 0 aliphatic heterocycles. The first-order valence-electron chi connectivity index (χ1n) is 10.2. The molecule has 0 saturated carbocycles. The van der Waals surface area contributed by atoms with E-state index in [0.29, 0.717) is 0 Å². The molecule has 0 bridgehead atoms. The van der Waals surface area contributed by atoms with Crippen LogP contribution < -0.4 is 5.32 Å². The van der Waals surface area contributed by atoms with Crippen LogP contribution in [0, 0.1) is 5.92 Å². The molecule has 0 saturated heterocycles. The van der Waals surface area contributed by atoms with Gasteiger partial charge in [0.05, 0.1) is 17.1 Å². The standard InChI is InChI=1S/C22H33N3O2/c1-5-18(6-2)22(27)23-15-11-7-8-14-21-24-19-12-9-10-13-20(19)25(21)16(3)17(4)26/h9-10,12-13,16,18H,5-8,11,14-15H2,1-4H3,(H,23,27). The minimum absolute atomic E-state index is 0.137. The van der Waals surface area contributed by atoms with Crippen LogP contribution in [-0.4, -0.2) is 27.8 Å². The van der Waals surface area contributed by atoms with Gasteiger partial charge >= 0.3 is 0 Å². The molecule has 0 aliphatic carbocycles. The van der Waals surface area contributed by atoms with E-state index < -0.39 is 0 Å². The molecule has 0 aliphatic rings. The Morgan fingerprint density at radius 2 is 1.81 bits per heavy atom. The second kappa shape index (κ2) is 10.2. The van der Waals surface area contributed by atoms with E-state index in [0.717, 1.165) is 61.9 Å². The zero-order valence-corrected chi connectivity index (χ0v) is 17.1. The van der Waals surface area contributed by atoms with Crippen molar-refractivity contribution in [1.29, 1.82) is 0 Å². The van der Waals surface area contributed by atoms with Crippen LogP contribution in [0.3, 0.4) is 0 Å². The van der Waals surface area contributed by atoms with Crippen molar-refractivity contribution in [2.75, 3.05) is 6.54 Å². The average molecular weight is 372 g/mol. The van der Waals surface area contributed by atoms with E-state index in [2.05, 4.69) is 23.7 Å². The van der Waals surface area contributed by atoms with Crippen molar-refractivity contribution >= 4 is 22.7 Å². The van der Waals surface area contributed by atoms with Crippen molar-refractivity contribution in [3.63, 3.8) is 0 Å². The number of hydrogen-bond acceptors (Lipinski definition) is 3. The normalized spacial score (nSPS) is 12.5. The Bertz CT molecular complexity index is 762. The van der Waals surface area contributed by atoms with Gasteiger partial charge in [0.2, 0.25) is 5.91 Å². The Morgan fingerprint density at radius 3 is 2.48 bits per heavy atom. The summed E-state index contributed by atoms with van der Waals surface area (Å²) < 4.78 is 2.08. The summed E-state index contributed by atoms with van der Waals surface area (Å²) in [6.07, 6.45) is 5.62. The Morgan fingerprint density at radius 1 is 1.11 bits per heavy atom. The van der Waals surface area contributed by atoms with Crippen molar-refractivity contribution in [3.05, 3.63) is 30.1 Å². The maximum atomic E-state index is 12.0. The van der Waals surface area contributed by atoms with E-state index in [9.17, 15) is 9.59 Å². The Labute approximate surface area is 162 Å². The van der Waals surface area contributed by atoms with Gasteiger partial charge in [-0.05, 0) is 51.7 Å². The number of para-hydroxylation sites is 2. The molecule has 5 heteroatoms. The molecule has 0 radical (unpaired) electrons. The molecule has 148 valence electrons. The van der Waals surface area contributed by atoms with E-state index in [1.165, 1.54) is 0 Å². The topological polar surface area (TPSA) is 64.0 Å². The number of Topliss-reactive ketones (excluding diaryl/α,β-unsaturated/α-hetero) is 1. The molecule has 1 N–H and O–H groups in total. The summed E-state index contributed by atoms with van der Waals surface area (Å²) in [5, 5.41) is 3.04. The summed E-state index contributed by atoms with van der Waals surface area (Å²) >= 11 is 0. The smallest absolute Gasteiger partial charge is 0.223 e. The number of carbonyl (C=O) groups excluding carboxylic acids is 2. The number of nitrogens with one attached hydrogen (secondary N) is 1. The molecule has 1 heterocycles. The van der Waals surface area contributed by atoms with Gasteiger partial charge < -0.3 is 9.88 Å².